The van der Waals surface area contributed by atoms with Crippen LogP contribution in [0.25, 0.3) is 0 Å². The average Bonchev–Trinajstić information content (AvgIpc) is 2.52. The topological polar surface area (TPSA) is 87.0 Å². The van der Waals surface area contributed by atoms with E-state index in [-0.39, 0.29) is 19.6 Å². The van der Waals surface area contributed by atoms with Gasteiger partial charge in [0.05, 0.1) is 32.8 Å². The molecular formula is C17H34NO5+. The zero-order valence-corrected chi connectivity index (χ0v) is 14.5. The number of ether oxygens (including phenoxy) is 1. The molecule has 136 valence electrons. The highest BCUT2D eigenvalue weighted by molar-refractivity contribution is 5.66. The van der Waals surface area contributed by atoms with Gasteiger partial charge < -0.3 is 24.5 Å². The van der Waals surface area contributed by atoms with Gasteiger partial charge in [-0.15, -0.1) is 0 Å². The van der Waals surface area contributed by atoms with Crippen LogP contribution in [0, 0.1) is 0 Å². The SMILES string of the molecule is CC/C=C/CCCCOCC[N+](CCO)(CCO)CCC(=O)O. The lowest BCUT2D eigenvalue weighted by molar-refractivity contribution is -0.928. The number of aliphatic carboxylic acids is 1. The first-order valence-electron chi connectivity index (χ1n) is 8.61. The summed E-state index contributed by atoms with van der Waals surface area (Å²) in [4.78, 5) is 10.8. The minimum Gasteiger partial charge on any atom is -0.481 e. The number of nitrogens with zero attached hydrogens (tertiary/aromatic N) is 1. The van der Waals surface area contributed by atoms with E-state index >= 15 is 0 Å². The van der Waals surface area contributed by atoms with Gasteiger partial charge in [0.25, 0.3) is 0 Å². The largest absolute Gasteiger partial charge is 0.481 e. The van der Waals surface area contributed by atoms with E-state index in [1.54, 1.807) is 0 Å². The van der Waals surface area contributed by atoms with Gasteiger partial charge >= 0.3 is 5.97 Å². The highest BCUT2D eigenvalue weighted by Gasteiger charge is 2.27. The van der Waals surface area contributed by atoms with E-state index < -0.39 is 5.97 Å². The van der Waals surface area contributed by atoms with Crippen LogP contribution >= 0.6 is 0 Å². The second-order valence-electron chi connectivity index (χ2n) is 5.81. The maximum atomic E-state index is 10.8. The standard InChI is InChI=1S/C17H33NO5/c1-2-3-4-5-6-7-15-23-16-12-18(10-13-19,11-14-20)9-8-17(21)22/h3-4,19-20H,2,5-16H2,1H3/p+1/b4-3+. The second-order valence-corrected chi connectivity index (χ2v) is 5.81. The van der Waals surface area contributed by atoms with Crippen molar-refractivity contribution in [3.8, 4) is 0 Å². The normalized spacial score (nSPS) is 12.1. The Bertz CT molecular complexity index is 314. The summed E-state index contributed by atoms with van der Waals surface area (Å²) < 4.78 is 6.03. The fourth-order valence-electron chi connectivity index (χ4n) is 2.54. The second kappa shape index (κ2) is 14.6. The first-order chi connectivity index (χ1) is 11.1. The van der Waals surface area contributed by atoms with Gasteiger partial charge in [0.15, 0.2) is 0 Å². The minimum absolute atomic E-state index is 0.0244. The highest BCUT2D eigenvalue weighted by atomic mass is 16.5. The molecule has 0 heterocycles. The van der Waals surface area contributed by atoms with Crippen molar-refractivity contribution in [1.82, 2.24) is 0 Å². The number of hydrogen-bond donors (Lipinski definition) is 3. The maximum absolute atomic E-state index is 10.8. The Hall–Kier alpha value is -0.950. The molecule has 0 radical (unpaired) electrons. The molecular weight excluding hydrogens is 298 g/mol. The molecule has 0 aliphatic heterocycles. The number of carboxylic acids is 1. The van der Waals surface area contributed by atoms with E-state index in [0.29, 0.717) is 43.9 Å². The number of carboxylic acid groups (broad SMARTS) is 1. The summed E-state index contributed by atoms with van der Waals surface area (Å²) in [5, 5.41) is 27.4. The summed E-state index contributed by atoms with van der Waals surface area (Å²) in [5.74, 6) is -0.857. The summed E-state index contributed by atoms with van der Waals surface area (Å²) in [5.41, 5.74) is 0. The lowest BCUT2D eigenvalue weighted by Gasteiger charge is -2.37. The number of quaternary nitrogens is 1. The molecule has 0 saturated carbocycles. The molecule has 0 rings (SSSR count). The fraction of sp³-hybridized carbons (Fsp3) is 0.824. The van der Waals surface area contributed by atoms with Gasteiger partial charge in [-0.1, -0.05) is 19.1 Å². The summed E-state index contributed by atoms with van der Waals surface area (Å²) in [6.07, 6.45) is 8.64. The van der Waals surface area contributed by atoms with Gasteiger partial charge in [0.2, 0.25) is 0 Å². The lowest BCUT2D eigenvalue weighted by atomic mass is 10.2. The number of aliphatic hydroxyl groups is 2. The third kappa shape index (κ3) is 12.2. The summed E-state index contributed by atoms with van der Waals surface area (Å²) in [7, 11) is 0. The van der Waals surface area contributed by atoms with Crippen LogP contribution in [0.3, 0.4) is 0 Å². The van der Waals surface area contributed by atoms with Crippen LogP contribution in [0.1, 0.15) is 39.0 Å². The molecule has 0 aliphatic rings. The fourth-order valence-corrected chi connectivity index (χ4v) is 2.54. The van der Waals surface area contributed by atoms with Crippen LogP contribution in [0.2, 0.25) is 0 Å². The molecule has 0 saturated heterocycles. The zero-order chi connectivity index (χ0) is 17.4. The van der Waals surface area contributed by atoms with Gasteiger partial charge in [0, 0.05) is 6.61 Å². The third-order valence-corrected chi connectivity index (χ3v) is 3.97. The smallest absolute Gasteiger partial charge is 0.309 e. The van der Waals surface area contributed by atoms with Crippen molar-refractivity contribution in [3.05, 3.63) is 12.2 Å². The van der Waals surface area contributed by atoms with Crippen LogP contribution in [-0.4, -0.2) is 78.4 Å². The summed E-state index contributed by atoms with van der Waals surface area (Å²) in [6.45, 7) is 5.19. The van der Waals surface area contributed by atoms with Crippen LogP contribution in [-0.2, 0) is 9.53 Å². The van der Waals surface area contributed by atoms with Crippen molar-refractivity contribution in [3.63, 3.8) is 0 Å². The molecule has 3 N–H and O–H groups in total. The molecule has 0 unspecified atom stereocenters. The Labute approximate surface area is 140 Å². The molecule has 6 heteroatoms. The first kappa shape index (κ1) is 22.1. The number of hydrogen-bond acceptors (Lipinski definition) is 4. The average molecular weight is 332 g/mol. The van der Waals surface area contributed by atoms with Crippen molar-refractivity contribution in [1.29, 1.82) is 0 Å². The van der Waals surface area contributed by atoms with Gasteiger partial charge in [-0.05, 0) is 25.7 Å². The minimum atomic E-state index is -0.857. The van der Waals surface area contributed by atoms with E-state index in [1.807, 2.05) is 0 Å². The molecule has 0 amide bonds. The van der Waals surface area contributed by atoms with Crippen molar-refractivity contribution in [2.24, 2.45) is 0 Å². The molecule has 23 heavy (non-hydrogen) atoms. The lowest BCUT2D eigenvalue weighted by Crippen LogP contribution is -2.54. The zero-order valence-electron chi connectivity index (χ0n) is 14.5. The number of aliphatic hydroxyl groups excluding tert-OH is 2. The molecule has 0 spiro atoms. The Kier molecular flexibility index (Phi) is 14.0. The van der Waals surface area contributed by atoms with Crippen LogP contribution in [0.4, 0.5) is 0 Å². The van der Waals surface area contributed by atoms with E-state index in [9.17, 15) is 15.0 Å². The molecule has 6 nitrogen and oxygen atoms in total. The Morgan fingerprint density at radius 2 is 1.70 bits per heavy atom. The first-order valence-corrected chi connectivity index (χ1v) is 8.61. The third-order valence-electron chi connectivity index (χ3n) is 3.97. The van der Waals surface area contributed by atoms with E-state index in [4.69, 9.17) is 9.84 Å². The molecule has 0 aliphatic carbocycles. The molecule has 0 atom stereocenters. The molecule has 0 fully saturated rings. The van der Waals surface area contributed by atoms with Gasteiger partial charge in [-0.3, -0.25) is 4.79 Å². The van der Waals surface area contributed by atoms with E-state index in [1.165, 1.54) is 0 Å². The Balaban J connectivity index is 4.07. The Morgan fingerprint density at radius 3 is 2.26 bits per heavy atom. The van der Waals surface area contributed by atoms with E-state index in [2.05, 4.69) is 19.1 Å². The molecule has 0 aromatic heterocycles. The van der Waals surface area contributed by atoms with Gasteiger partial charge in [-0.2, -0.15) is 0 Å². The van der Waals surface area contributed by atoms with Crippen molar-refractivity contribution >= 4 is 5.97 Å². The number of unbranched alkanes of at least 4 members (excludes halogenated alkanes) is 2. The molecule has 0 bridgehead atoms. The van der Waals surface area contributed by atoms with Crippen molar-refractivity contribution < 1.29 is 29.3 Å². The van der Waals surface area contributed by atoms with Gasteiger partial charge in [0.1, 0.15) is 19.6 Å². The maximum Gasteiger partial charge on any atom is 0.309 e. The number of allylic oxidation sites excluding steroid dienone is 2. The van der Waals surface area contributed by atoms with Gasteiger partial charge in [-0.25, -0.2) is 0 Å². The monoisotopic (exact) mass is 332 g/mol. The predicted molar refractivity (Wildman–Crippen MR) is 90.3 cm³/mol. The van der Waals surface area contributed by atoms with Crippen LogP contribution in [0.5, 0.6) is 0 Å². The summed E-state index contributed by atoms with van der Waals surface area (Å²) >= 11 is 0. The highest BCUT2D eigenvalue weighted by Crippen LogP contribution is 2.09. The van der Waals surface area contributed by atoms with Crippen LogP contribution < -0.4 is 0 Å². The molecule has 0 aromatic rings. The number of rotatable bonds is 16. The van der Waals surface area contributed by atoms with Crippen molar-refractivity contribution in [2.45, 2.75) is 39.0 Å². The quantitative estimate of drug-likeness (QED) is 0.226. The van der Waals surface area contributed by atoms with Crippen LogP contribution in [0.15, 0.2) is 12.2 Å². The van der Waals surface area contributed by atoms with E-state index in [0.717, 1.165) is 25.7 Å². The number of carbonyl (C=O) groups is 1. The summed E-state index contributed by atoms with van der Waals surface area (Å²) in [6, 6.07) is 0. The van der Waals surface area contributed by atoms with Crippen molar-refractivity contribution in [2.75, 3.05) is 52.6 Å². The molecule has 0 aromatic carbocycles. The Morgan fingerprint density at radius 1 is 1.00 bits per heavy atom. The predicted octanol–water partition coefficient (Wildman–Crippen LogP) is 1.42.